The van der Waals surface area contributed by atoms with Crippen LogP contribution in [0.3, 0.4) is 0 Å². The van der Waals surface area contributed by atoms with E-state index in [0.717, 1.165) is 34.5 Å². The number of pyridine rings is 1. The standard InChI is InChI=1S/C12H15BrN4/c1-3-4-10-15-5-6-17(10)12-11(13)8(2)9(14)7-16-12/h5-7H,3-4,14H2,1-2H3. The highest BCUT2D eigenvalue weighted by Gasteiger charge is 2.12. The molecule has 0 atom stereocenters. The van der Waals surface area contributed by atoms with E-state index in [-0.39, 0.29) is 0 Å². The average molecular weight is 295 g/mol. The molecule has 0 amide bonds. The largest absolute Gasteiger partial charge is 0.397 e. The molecule has 2 rings (SSSR count). The number of aryl methyl sites for hydroxylation is 1. The highest BCUT2D eigenvalue weighted by Crippen LogP contribution is 2.27. The summed E-state index contributed by atoms with van der Waals surface area (Å²) < 4.78 is 2.92. The van der Waals surface area contributed by atoms with Crippen molar-refractivity contribution in [2.75, 3.05) is 5.73 Å². The van der Waals surface area contributed by atoms with Crippen molar-refractivity contribution >= 4 is 21.6 Å². The molecule has 2 aromatic heterocycles. The molecule has 0 aliphatic heterocycles. The van der Waals surface area contributed by atoms with E-state index < -0.39 is 0 Å². The molecule has 0 radical (unpaired) electrons. The van der Waals surface area contributed by atoms with E-state index in [1.165, 1.54) is 0 Å². The van der Waals surface area contributed by atoms with Crippen LogP contribution in [0.2, 0.25) is 0 Å². The minimum absolute atomic E-state index is 0.692. The van der Waals surface area contributed by atoms with Gasteiger partial charge in [0, 0.05) is 18.8 Å². The Morgan fingerprint density at radius 1 is 1.41 bits per heavy atom. The van der Waals surface area contributed by atoms with Crippen molar-refractivity contribution in [1.82, 2.24) is 14.5 Å². The number of rotatable bonds is 3. The summed E-state index contributed by atoms with van der Waals surface area (Å²) in [4.78, 5) is 8.72. The Kier molecular flexibility index (Phi) is 3.47. The molecule has 0 spiro atoms. The highest BCUT2D eigenvalue weighted by molar-refractivity contribution is 9.10. The quantitative estimate of drug-likeness (QED) is 0.947. The molecule has 0 aromatic carbocycles. The molecule has 0 unspecified atom stereocenters. The average Bonchev–Trinajstić information content (AvgIpc) is 2.75. The summed E-state index contributed by atoms with van der Waals surface area (Å²) in [5.41, 5.74) is 7.52. The van der Waals surface area contributed by atoms with E-state index in [0.29, 0.717) is 5.69 Å². The SMILES string of the molecule is CCCc1nccn1-c1ncc(N)c(C)c1Br. The van der Waals surface area contributed by atoms with Crippen LogP contribution in [0.25, 0.3) is 5.82 Å². The zero-order chi connectivity index (χ0) is 12.4. The molecule has 0 fully saturated rings. The molecule has 17 heavy (non-hydrogen) atoms. The fourth-order valence-electron chi connectivity index (χ4n) is 1.68. The maximum Gasteiger partial charge on any atom is 0.152 e. The topological polar surface area (TPSA) is 56.7 Å². The van der Waals surface area contributed by atoms with Crippen LogP contribution in [0.4, 0.5) is 5.69 Å². The maximum absolute atomic E-state index is 5.82. The lowest BCUT2D eigenvalue weighted by atomic mass is 10.2. The minimum atomic E-state index is 0.692. The summed E-state index contributed by atoms with van der Waals surface area (Å²) in [6.45, 7) is 4.11. The number of hydrogen-bond acceptors (Lipinski definition) is 3. The third-order valence-electron chi connectivity index (χ3n) is 2.70. The van der Waals surface area contributed by atoms with Gasteiger partial charge >= 0.3 is 0 Å². The Balaban J connectivity index is 2.53. The maximum atomic E-state index is 5.82. The van der Waals surface area contributed by atoms with Crippen molar-refractivity contribution in [3.05, 3.63) is 34.5 Å². The van der Waals surface area contributed by atoms with Gasteiger partial charge in [0.25, 0.3) is 0 Å². The van der Waals surface area contributed by atoms with Crippen molar-refractivity contribution in [2.24, 2.45) is 0 Å². The summed E-state index contributed by atoms with van der Waals surface area (Å²) in [6, 6.07) is 0. The molecular formula is C12H15BrN4. The van der Waals surface area contributed by atoms with Crippen LogP contribution in [0.5, 0.6) is 0 Å². The van der Waals surface area contributed by atoms with Crippen LogP contribution in [0.1, 0.15) is 24.7 Å². The van der Waals surface area contributed by atoms with Crippen LogP contribution in [-0.4, -0.2) is 14.5 Å². The molecule has 2 N–H and O–H groups in total. The predicted octanol–water partition coefficient (Wildman–Crippen LogP) is 2.87. The summed E-state index contributed by atoms with van der Waals surface area (Å²) in [5.74, 6) is 1.86. The Morgan fingerprint density at radius 2 is 2.18 bits per heavy atom. The van der Waals surface area contributed by atoms with Crippen LogP contribution >= 0.6 is 15.9 Å². The molecule has 0 aliphatic carbocycles. The van der Waals surface area contributed by atoms with Gasteiger partial charge in [-0.3, -0.25) is 4.57 Å². The van der Waals surface area contributed by atoms with E-state index in [9.17, 15) is 0 Å². The molecule has 0 saturated carbocycles. The van der Waals surface area contributed by atoms with Gasteiger partial charge in [0.15, 0.2) is 5.82 Å². The second-order valence-corrected chi connectivity index (χ2v) is 4.73. The Labute approximate surface area is 109 Å². The molecule has 5 heteroatoms. The lowest BCUT2D eigenvalue weighted by Crippen LogP contribution is -2.05. The van der Waals surface area contributed by atoms with Gasteiger partial charge in [0.1, 0.15) is 5.82 Å². The summed E-state index contributed by atoms with van der Waals surface area (Å²) in [7, 11) is 0. The number of aromatic nitrogens is 3. The number of imidazole rings is 1. The minimum Gasteiger partial charge on any atom is -0.397 e. The molecule has 0 bridgehead atoms. The second-order valence-electron chi connectivity index (χ2n) is 3.94. The number of hydrogen-bond donors (Lipinski definition) is 1. The van der Waals surface area contributed by atoms with Crippen molar-refractivity contribution in [3.63, 3.8) is 0 Å². The van der Waals surface area contributed by atoms with E-state index >= 15 is 0 Å². The van der Waals surface area contributed by atoms with Gasteiger partial charge in [-0.1, -0.05) is 6.92 Å². The third kappa shape index (κ3) is 2.20. The van der Waals surface area contributed by atoms with E-state index in [1.807, 2.05) is 17.7 Å². The van der Waals surface area contributed by atoms with Crippen LogP contribution in [0.15, 0.2) is 23.1 Å². The highest BCUT2D eigenvalue weighted by atomic mass is 79.9. The van der Waals surface area contributed by atoms with E-state index in [1.54, 1.807) is 12.4 Å². The normalized spacial score (nSPS) is 10.8. The fraction of sp³-hybridized carbons (Fsp3) is 0.333. The van der Waals surface area contributed by atoms with Crippen molar-refractivity contribution in [1.29, 1.82) is 0 Å². The molecule has 2 aromatic rings. The van der Waals surface area contributed by atoms with Gasteiger partial charge in [0.2, 0.25) is 0 Å². The molecule has 0 aliphatic rings. The van der Waals surface area contributed by atoms with Crippen LogP contribution in [-0.2, 0) is 6.42 Å². The predicted molar refractivity (Wildman–Crippen MR) is 72.2 cm³/mol. The molecular weight excluding hydrogens is 280 g/mol. The van der Waals surface area contributed by atoms with Crippen LogP contribution < -0.4 is 5.73 Å². The molecule has 0 saturated heterocycles. The third-order valence-corrected chi connectivity index (χ3v) is 3.65. The first-order chi connectivity index (χ1) is 8.15. The number of nitrogens with zero attached hydrogens (tertiary/aromatic N) is 3. The fourth-order valence-corrected chi connectivity index (χ4v) is 2.20. The van der Waals surface area contributed by atoms with Crippen molar-refractivity contribution in [2.45, 2.75) is 26.7 Å². The van der Waals surface area contributed by atoms with Gasteiger partial charge in [-0.25, -0.2) is 9.97 Å². The Morgan fingerprint density at radius 3 is 2.88 bits per heavy atom. The van der Waals surface area contributed by atoms with Gasteiger partial charge in [0.05, 0.1) is 16.4 Å². The first kappa shape index (κ1) is 12.1. The smallest absolute Gasteiger partial charge is 0.152 e. The zero-order valence-corrected chi connectivity index (χ0v) is 11.5. The molecule has 90 valence electrons. The van der Waals surface area contributed by atoms with E-state index in [2.05, 4.69) is 32.8 Å². The van der Waals surface area contributed by atoms with Gasteiger partial charge < -0.3 is 5.73 Å². The monoisotopic (exact) mass is 294 g/mol. The number of nitrogens with two attached hydrogens (primary N) is 1. The summed E-state index contributed by atoms with van der Waals surface area (Å²) in [6.07, 6.45) is 7.40. The Hall–Kier alpha value is -1.36. The van der Waals surface area contributed by atoms with Crippen molar-refractivity contribution in [3.8, 4) is 5.82 Å². The van der Waals surface area contributed by atoms with E-state index in [4.69, 9.17) is 5.73 Å². The van der Waals surface area contributed by atoms with Crippen LogP contribution in [0, 0.1) is 6.92 Å². The lowest BCUT2D eigenvalue weighted by Gasteiger charge is -2.11. The van der Waals surface area contributed by atoms with Gasteiger partial charge in [-0.05, 0) is 34.8 Å². The zero-order valence-electron chi connectivity index (χ0n) is 9.94. The first-order valence-corrected chi connectivity index (χ1v) is 6.37. The van der Waals surface area contributed by atoms with Gasteiger partial charge in [-0.15, -0.1) is 0 Å². The van der Waals surface area contributed by atoms with Crippen molar-refractivity contribution < 1.29 is 0 Å². The summed E-state index contributed by atoms with van der Waals surface area (Å²) >= 11 is 3.55. The number of anilines is 1. The number of nitrogen functional groups attached to an aromatic ring is 1. The number of halogens is 1. The molecule has 2 heterocycles. The lowest BCUT2D eigenvalue weighted by molar-refractivity contribution is 0.795. The first-order valence-electron chi connectivity index (χ1n) is 5.58. The summed E-state index contributed by atoms with van der Waals surface area (Å²) in [5, 5.41) is 0. The second kappa shape index (κ2) is 4.87. The molecule has 4 nitrogen and oxygen atoms in total. The Bertz CT molecular complexity index is 533. The van der Waals surface area contributed by atoms with Gasteiger partial charge in [-0.2, -0.15) is 0 Å².